The van der Waals surface area contributed by atoms with Crippen LogP contribution in [0.4, 0.5) is 0 Å². The Morgan fingerprint density at radius 1 is 0.774 bits per heavy atom. The third kappa shape index (κ3) is 5.14. The molecule has 152 valence electrons. The van der Waals surface area contributed by atoms with Crippen LogP contribution in [0.1, 0.15) is 27.0 Å². The summed E-state index contributed by atoms with van der Waals surface area (Å²) in [6.45, 7) is 0. The van der Waals surface area contributed by atoms with Gasteiger partial charge in [0, 0.05) is 5.56 Å². The van der Waals surface area contributed by atoms with Gasteiger partial charge in [-0.3, -0.25) is 4.79 Å². The monoisotopic (exact) mass is 405 g/mol. The number of rotatable bonds is 7. The second kappa shape index (κ2) is 9.68. The van der Waals surface area contributed by atoms with Gasteiger partial charge in [0.1, 0.15) is 6.29 Å². The summed E-state index contributed by atoms with van der Waals surface area (Å²) in [7, 11) is 0. The minimum absolute atomic E-state index is 0.258. The molecular weight excluding hydrogens is 382 g/mol. The van der Waals surface area contributed by atoms with E-state index in [1.54, 1.807) is 6.07 Å². The van der Waals surface area contributed by atoms with Gasteiger partial charge in [0.25, 0.3) is 5.91 Å². The zero-order valence-corrected chi connectivity index (χ0v) is 17.1. The zero-order valence-electron chi connectivity index (χ0n) is 17.1. The number of amides is 1. The van der Waals surface area contributed by atoms with E-state index in [2.05, 4.69) is 35.6 Å². The molecule has 1 amide bonds. The first-order chi connectivity index (χ1) is 15.2. The van der Waals surface area contributed by atoms with E-state index >= 15 is 0 Å². The number of fused-ring (bicyclic) bond motifs is 1. The van der Waals surface area contributed by atoms with E-state index in [0.29, 0.717) is 12.0 Å². The summed E-state index contributed by atoms with van der Waals surface area (Å²) < 4.78 is 0. The predicted molar refractivity (Wildman–Crippen MR) is 127 cm³/mol. The predicted octanol–water partition coefficient (Wildman–Crippen LogP) is 5.55. The molecule has 31 heavy (non-hydrogen) atoms. The standard InChI is InChI=1S/C28H23NO2/c30-20-26(19-21-8-2-1-3-9-21)29-28(31)27-13-7-6-11-24(27)17-15-22-14-16-23-10-4-5-12-25(23)18-22/h1-18,20,26H,19H2,(H,29,31)/b17-15+/t26-/m0/s1. The van der Waals surface area contributed by atoms with E-state index < -0.39 is 6.04 Å². The van der Waals surface area contributed by atoms with Gasteiger partial charge in [-0.1, -0.05) is 97.1 Å². The van der Waals surface area contributed by atoms with Crippen LogP contribution in [-0.4, -0.2) is 18.2 Å². The highest BCUT2D eigenvalue weighted by Crippen LogP contribution is 2.19. The van der Waals surface area contributed by atoms with Crippen LogP contribution in [-0.2, 0) is 11.2 Å². The Kier molecular flexibility index (Phi) is 6.34. The van der Waals surface area contributed by atoms with Gasteiger partial charge in [0.2, 0.25) is 0 Å². The van der Waals surface area contributed by atoms with Crippen molar-refractivity contribution in [2.45, 2.75) is 12.5 Å². The summed E-state index contributed by atoms with van der Waals surface area (Å²) in [5, 5.41) is 5.22. The minimum Gasteiger partial charge on any atom is -0.342 e. The lowest BCUT2D eigenvalue weighted by molar-refractivity contribution is -0.109. The van der Waals surface area contributed by atoms with Gasteiger partial charge >= 0.3 is 0 Å². The van der Waals surface area contributed by atoms with Crippen molar-refractivity contribution in [2.75, 3.05) is 0 Å². The molecular formula is C28H23NO2. The zero-order chi connectivity index (χ0) is 21.5. The lowest BCUT2D eigenvalue weighted by atomic mass is 10.0. The quantitative estimate of drug-likeness (QED) is 0.324. The fraction of sp³-hybridized carbons (Fsp3) is 0.0714. The van der Waals surface area contributed by atoms with E-state index in [9.17, 15) is 9.59 Å². The first-order valence-corrected chi connectivity index (χ1v) is 10.3. The first-order valence-electron chi connectivity index (χ1n) is 10.3. The van der Waals surface area contributed by atoms with Gasteiger partial charge in [-0.15, -0.1) is 0 Å². The van der Waals surface area contributed by atoms with Crippen LogP contribution < -0.4 is 5.32 Å². The van der Waals surface area contributed by atoms with E-state index in [-0.39, 0.29) is 5.91 Å². The summed E-state index contributed by atoms with van der Waals surface area (Å²) >= 11 is 0. The number of benzene rings is 4. The SMILES string of the molecule is O=C[C@H](Cc1ccccc1)NC(=O)c1ccccc1/C=C/c1ccc2ccccc2c1. The molecule has 0 heterocycles. The van der Waals surface area contributed by atoms with Crippen LogP contribution in [0, 0.1) is 0 Å². The molecule has 0 aliphatic carbocycles. The number of hydrogen-bond donors (Lipinski definition) is 1. The van der Waals surface area contributed by atoms with Gasteiger partial charge in [0.15, 0.2) is 0 Å². The van der Waals surface area contributed by atoms with Crippen LogP contribution in [0.5, 0.6) is 0 Å². The van der Waals surface area contributed by atoms with Crippen molar-refractivity contribution in [1.82, 2.24) is 5.32 Å². The van der Waals surface area contributed by atoms with Gasteiger partial charge in [-0.2, -0.15) is 0 Å². The maximum absolute atomic E-state index is 12.9. The summed E-state index contributed by atoms with van der Waals surface area (Å²) in [4.78, 5) is 24.5. The van der Waals surface area contributed by atoms with Crippen molar-refractivity contribution >= 4 is 35.1 Å². The first kappa shape index (κ1) is 20.3. The van der Waals surface area contributed by atoms with Crippen LogP contribution >= 0.6 is 0 Å². The molecule has 0 aromatic heterocycles. The molecule has 1 N–H and O–H groups in total. The Labute approximate surface area is 182 Å². The smallest absolute Gasteiger partial charge is 0.252 e. The molecule has 0 bridgehead atoms. The van der Waals surface area contributed by atoms with Crippen molar-refractivity contribution in [3.05, 3.63) is 119 Å². The highest BCUT2D eigenvalue weighted by molar-refractivity contribution is 6.00. The van der Waals surface area contributed by atoms with E-state index in [1.165, 1.54) is 10.8 Å². The average Bonchev–Trinajstić information content (AvgIpc) is 2.83. The van der Waals surface area contributed by atoms with Crippen LogP contribution in [0.2, 0.25) is 0 Å². The Morgan fingerprint density at radius 3 is 2.29 bits per heavy atom. The molecule has 4 aromatic carbocycles. The topological polar surface area (TPSA) is 46.2 Å². The van der Waals surface area contributed by atoms with Crippen molar-refractivity contribution in [3.63, 3.8) is 0 Å². The summed E-state index contributed by atoms with van der Waals surface area (Å²) in [5.74, 6) is -0.258. The highest BCUT2D eigenvalue weighted by Gasteiger charge is 2.15. The average molecular weight is 405 g/mol. The molecule has 4 aromatic rings. The summed E-state index contributed by atoms with van der Waals surface area (Å²) in [6, 6.07) is 31.0. The molecule has 0 aliphatic heterocycles. The molecule has 3 nitrogen and oxygen atoms in total. The number of nitrogens with one attached hydrogen (secondary N) is 1. The van der Waals surface area contributed by atoms with E-state index in [4.69, 9.17) is 0 Å². The second-order valence-electron chi connectivity index (χ2n) is 7.43. The number of carbonyl (C=O) groups excluding carboxylic acids is 2. The molecule has 0 spiro atoms. The van der Waals surface area contributed by atoms with Gasteiger partial charge in [-0.05, 0) is 46.0 Å². The summed E-state index contributed by atoms with van der Waals surface area (Å²) in [5.41, 5.74) is 3.41. The Bertz CT molecular complexity index is 1230. The fourth-order valence-corrected chi connectivity index (χ4v) is 3.59. The maximum Gasteiger partial charge on any atom is 0.252 e. The third-order valence-corrected chi connectivity index (χ3v) is 5.21. The third-order valence-electron chi connectivity index (χ3n) is 5.21. The molecule has 0 unspecified atom stereocenters. The van der Waals surface area contributed by atoms with Crippen LogP contribution in [0.25, 0.3) is 22.9 Å². The molecule has 0 saturated carbocycles. The maximum atomic E-state index is 12.9. The number of carbonyl (C=O) groups is 2. The number of hydrogen-bond acceptors (Lipinski definition) is 2. The van der Waals surface area contributed by atoms with Gasteiger partial charge < -0.3 is 10.1 Å². The highest BCUT2D eigenvalue weighted by atomic mass is 16.2. The van der Waals surface area contributed by atoms with Crippen molar-refractivity contribution in [2.24, 2.45) is 0 Å². The molecule has 0 saturated heterocycles. The van der Waals surface area contributed by atoms with Crippen molar-refractivity contribution in [1.29, 1.82) is 0 Å². The lowest BCUT2D eigenvalue weighted by Gasteiger charge is -2.14. The van der Waals surface area contributed by atoms with Crippen LogP contribution in [0.3, 0.4) is 0 Å². The Morgan fingerprint density at radius 2 is 1.48 bits per heavy atom. The van der Waals surface area contributed by atoms with E-state index in [0.717, 1.165) is 23.0 Å². The normalized spacial score (nSPS) is 12.0. The van der Waals surface area contributed by atoms with Crippen molar-refractivity contribution < 1.29 is 9.59 Å². The second-order valence-corrected chi connectivity index (χ2v) is 7.43. The largest absolute Gasteiger partial charge is 0.342 e. The molecule has 1 atom stereocenters. The molecule has 0 aliphatic rings. The molecule has 3 heteroatoms. The summed E-state index contributed by atoms with van der Waals surface area (Å²) in [6.07, 6.45) is 5.19. The fourth-order valence-electron chi connectivity index (χ4n) is 3.59. The number of aldehydes is 1. The Balaban J connectivity index is 1.52. The minimum atomic E-state index is -0.576. The Hall–Kier alpha value is -3.98. The van der Waals surface area contributed by atoms with Gasteiger partial charge in [-0.25, -0.2) is 0 Å². The van der Waals surface area contributed by atoms with E-state index in [1.807, 2.05) is 72.8 Å². The van der Waals surface area contributed by atoms with Crippen molar-refractivity contribution in [3.8, 4) is 0 Å². The van der Waals surface area contributed by atoms with Crippen LogP contribution in [0.15, 0.2) is 97.1 Å². The molecule has 4 rings (SSSR count). The van der Waals surface area contributed by atoms with Gasteiger partial charge in [0.05, 0.1) is 6.04 Å². The molecule has 0 fully saturated rings. The lowest BCUT2D eigenvalue weighted by Crippen LogP contribution is -2.37. The molecule has 0 radical (unpaired) electrons.